The van der Waals surface area contributed by atoms with Crippen molar-refractivity contribution in [1.29, 1.82) is 0 Å². The molecular formula is C15H15BF3KO. The van der Waals surface area contributed by atoms with Gasteiger partial charge in [0.05, 0.1) is 6.61 Å². The minimum Gasteiger partial charge on any atom is -0.493 e. The van der Waals surface area contributed by atoms with Crippen LogP contribution in [0.1, 0.15) is 11.1 Å². The summed E-state index contributed by atoms with van der Waals surface area (Å²) in [6.07, 6.45) is 0.727. The number of hydrogen-bond acceptors (Lipinski definition) is 1. The third kappa shape index (κ3) is 5.79. The normalized spacial score (nSPS) is 10.9. The topological polar surface area (TPSA) is 9.23 Å². The average Bonchev–Trinajstić information content (AvgIpc) is 2.40. The van der Waals surface area contributed by atoms with Crippen LogP contribution in [0.2, 0.25) is 0 Å². The van der Waals surface area contributed by atoms with Gasteiger partial charge in [-0.3, -0.25) is 0 Å². The maximum atomic E-state index is 12.6. The summed E-state index contributed by atoms with van der Waals surface area (Å²) >= 11 is 0. The van der Waals surface area contributed by atoms with Crippen molar-refractivity contribution in [3.8, 4) is 5.75 Å². The van der Waals surface area contributed by atoms with Crippen molar-refractivity contribution in [2.24, 2.45) is 0 Å². The van der Waals surface area contributed by atoms with Gasteiger partial charge >= 0.3 is 58.4 Å². The van der Waals surface area contributed by atoms with Crippen molar-refractivity contribution in [2.45, 2.75) is 13.3 Å². The molecule has 0 radical (unpaired) electrons. The van der Waals surface area contributed by atoms with Gasteiger partial charge in [-0.15, -0.1) is 5.46 Å². The maximum Gasteiger partial charge on any atom is 1.00 e. The van der Waals surface area contributed by atoms with Crippen molar-refractivity contribution in [3.63, 3.8) is 0 Å². The molecule has 0 heterocycles. The Morgan fingerprint density at radius 2 is 1.67 bits per heavy atom. The van der Waals surface area contributed by atoms with Crippen LogP contribution in [0, 0.1) is 6.92 Å². The van der Waals surface area contributed by atoms with E-state index in [1.165, 1.54) is 6.07 Å². The van der Waals surface area contributed by atoms with E-state index < -0.39 is 12.4 Å². The summed E-state index contributed by atoms with van der Waals surface area (Å²) in [6.45, 7) is -2.87. The van der Waals surface area contributed by atoms with Gasteiger partial charge in [0.1, 0.15) is 5.75 Å². The van der Waals surface area contributed by atoms with E-state index in [4.69, 9.17) is 4.74 Å². The zero-order chi connectivity index (χ0) is 14.6. The molecule has 0 aliphatic rings. The number of halogens is 3. The molecule has 0 spiro atoms. The van der Waals surface area contributed by atoms with Gasteiger partial charge in [-0.2, -0.15) is 0 Å². The summed E-state index contributed by atoms with van der Waals surface area (Å²) in [5.74, 6) is 0.504. The number of hydrogen-bond donors (Lipinski definition) is 0. The SMILES string of the molecule is Cc1cc([B-](F)(F)F)ccc1OCCc1ccccc1.[K+]. The van der Waals surface area contributed by atoms with E-state index in [1.807, 2.05) is 30.3 Å². The minimum absolute atomic E-state index is 0. The standard InChI is InChI=1S/C15H15BF3O.K/c1-12-11-14(16(17,18)19)7-8-15(12)20-10-9-13-5-3-2-4-6-13;/h2-8,11H,9-10H2,1H3;/q-1;+1. The molecule has 1 nitrogen and oxygen atoms in total. The molecule has 0 N–H and O–H groups in total. The van der Waals surface area contributed by atoms with Crippen LogP contribution in [0.4, 0.5) is 12.9 Å². The first-order chi connectivity index (χ1) is 9.47. The Kier molecular flexibility index (Phi) is 7.50. The monoisotopic (exact) mass is 318 g/mol. The molecular weight excluding hydrogens is 303 g/mol. The molecule has 0 aliphatic carbocycles. The van der Waals surface area contributed by atoms with Crippen LogP contribution < -0.4 is 61.6 Å². The van der Waals surface area contributed by atoms with Crippen molar-refractivity contribution >= 4 is 12.4 Å². The second kappa shape index (κ2) is 8.39. The summed E-state index contributed by atoms with van der Waals surface area (Å²) in [6, 6.07) is 13.4. The molecule has 106 valence electrons. The Bertz CT molecular complexity index is 573. The van der Waals surface area contributed by atoms with Gasteiger partial charge < -0.3 is 17.7 Å². The zero-order valence-electron chi connectivity index (χ0n) is 12.2. The van der Waals surface area contributed by atoms with E-state index in [0.717, 1.165) is 24.1 Å². The molecule has 0 aliphatic heterocycles. The fourth-order valence-electron chi connectivity index (χ4n) is 1.96. The van der Waals surface area contributed by atoms with E-state index >= 15 is 0 Å². The van der Waals surface area contributed by atoms with Crippen molar-refractivity contribution in [1.82, 2.24) is 0 Å². The summed E-state index contributed by atoms with van der Waals surface area (Å²) < 4.78 is 43.3. The van der Waals surface area contributed by atoms with Gasteiger partial charge in [0.25, 0.3) is 0 Å². The number of benzene rings is 2. The van der Waals surface area contributed by atoms with Crippen LogP contribution >= 0.6 is 0 Å². The van der Waals surface area contributed by atoms with E-state index in [2.05, 4.69) is 0 Å². The minimum atomic E-state index is -4.95. The predicted molar refractivity (Wildman–Crippen MR) is 75.5 cm³/mol. The fraction of sp³-hybridized carbons (Fsp3) is 0.200. The molecule has 0 saturated heterocycles. The van der Waals surface area contributed by atoms with Crippen LogP contribution in [0.25, 0.3) is 0 Å². The molecule has 0 atom stereocenters. The molecule has 2 rings (SSSR count). The molecule has 0 saturated carbocycles. The quantitative estimate of drug-likeness (QED) is 0.737. The Balaban J connectivity index is 0.00000220. The van der Waals surface area contributed by atoms with Crippen LogP contribution in [0.5, 0.6) is 5.75 Å². The molecule has 0 fully saturated rings. The molecule has 0 bridgehead atoms. The van der Waals surface area contributed by atoms with E-state index in [1.54, 1.807) is 6.92 Å². The summed E-state index contributed by atoms with van der Waals surface area (Å²) in [7, 11) is 0. The van der Waals surface area contributed by atoms with Crippen LogP contribution in [0.3, 0.4) is 0 Å². The Morgan fingerprint density at radius 1 is 1.00 bits per heavy atom. The molecule has 0 unspecified atom stereocenters. The van der Waals surface area contributed by atoms with Gasteiger partial charge in [0.15, 0.2) is 0 Å². The first kappa shape index (κ1) is 18.8. The van der Waals surface area contributed by atoms with Crippen molar-refractivity contribution in [2.75, 3.05) is 6.61 Å². The molecule has 0 amide bonds. The molecule has 6 heteroatoms. The van der Waals surface area contributed by atoms with Crippen molar-refractivity contribution in [3.05, 3.63) is 59.7 Å². The number of aryl methyl sites for hydroxylation is 1. The second-order valence-electron chi connectivity index (χ2n) is 4.68. The summed E-state index contributed by atoms with van der Waals surface area (Å²) in [5.41, 5.74) is 1.06. The predicted octanol–water partition coefficient (Wildman–Crippen LogP) is 0.675. The zero-order valence-corrected chi connectivity index (χ0v) is 15.3. The van der Waals surface area contributed by atoms with Crippen LogP contribution in [0.15, 0.2) is 48.5 Å². The Hall–Kier alpha value is -0.269. The first-order valence-corrected chi connectivity index (χ1v) is 6.44. The van der Waals surface area contributed by atoms with Gasteiger partial charge in [0.2, 0.25) is 0 Å². The third-order valence-electron chi connectivity index (χ3n) is 3.07. The van der Waals surface area contributed by atoms with Gasteiger partial charge in [-0.05, 0) is 24.1 Å². The first-order valence-electron chi connectivity index (χ1n) is 6.44. The summed E-state index contributed by atoms with van der Waals surface area (Å²) in [4.78, 5) is 0. The second-order valence-corrected chi connectivity index (χ2v) is 4.68. The Labute approximate surface area is 165 Å². The van der Waals surface area contributed by atoms with E-state index in [9.17, 15) is 12.9 Å². The fourth-order valence-corrected chi connectivity index (χ4v) is 1.96. The maximum absolute atomic E-state index is 12.6. The van der Waals surface area contributed by atoms with Gasteiger partial charge in [-0.25, -0.2) is 0 Å². The van der Waals surface area contributed by atoms with Crippen LogP contribution in [-0.2, 0) is 6.42 Å². The Morgan fingerprint density at radius 3 is 2.24 bits per heavy atom. The summed E-state index contributed by atoms with van der Waals surface area (Å²) in [5, 5.41) is 0. The average molecular weight is 318 g/mol. The molecule has 0 aromatic heterocycles. The molecule has 2 aromatic carbocycles. The number of ether oxygens (including phenoxy) is 1. The molecule has 2 aromatic rings. The smallest absolute Gasteiger partial charge is 0.493 e. The number of rotatable bonds is 5. The van der Waals surface area contributed by atoms with Gasteiger partial charge in [0, 0.05) is 6.42 Å². The third-order valence-corrected chi connectivity index (χ3v) is 3.07. The van der Waals surface area contributed by atoms with E-state index in [0.29, 0.717) is 17.9 Å². The van der Waals surface area contributed by atoms with Crippen LogP contribution in [-0.4, -0.2) is 13.6 Å². The van der Waals surface area contributed by atoms with E-state index in [-0.39, 0.29) is 51.4 Å². The van der Waals surface area contributed by atoms with Crippen molar-refractivity contribution < 1.29 is 69.1 Å². The van der Waals surface area contributed by atoms with Gasteiger partial charge in [-0.1, -0.05) is 42.5 Å². The largest absolute Gasteiger partial charge is 1.00 e. The molecule has 21 heavy (non-hydrogen) atoms.